The minimum absolute atomic E-state index is 0.248. The zero-order valence-corrected chi connectivity index (χ0v) is 13.3. The van der Waals surface area contributed by atoms with E-state index in [1.165, 1.54) is 30.5 Å². The maximum absolute atomic E-state index is 3.54. The molecule has 0 saturated carbocycles. The van der Waals surface area contributed by atoms with Gasteiger partial charge in [0.2, 0.25) is 0 Å². The molecule has 0 heterocycles. The third kappa shape index (κ3) is 6.63. The highest BCUT2D eigenvalue weighted by atomic mass is 15.1. The highest BCUT2D eigenvalue weighted by Gasteiger charge is 2.07. The molecule has 0 aliphatic heterocycles. The minimum atomic E-state index is 0.248. The topological polar surface area (TPSA) is 15.3 Å². The molecule has 0 amide bonds. The van der Waals surface area contributed by atoms with Crippen LogP contribution in [-0.4, -0.2) is 25.7 Å². The zero-order valence-electron chi connectivity index (χ0n) is 13.3. The van der Waals surface area contributed by atoms with Crippen LogP contribution in [-0.2, 0) is 0 Å². The molecule has 0 unspecified atom stereocenters. The van der Waals surface area contributed by atoms with Crippen LogP contribution in [0, 0.1) is 6.92 Å². The number of aryl methyl sites for hydroxylation is 1. The van der Waals surface area contributed by atoms with Crippen LogP contribution in [0.25, 0.3) is 0 Å². The van der Waals surface area contributed by atoms with E-state index in [0.717, 1.165) is 13.1 Å². The Morgan fingerprint density at radius 3 is 2.37 bits per heavy atom. The average Bonchev–Trinajstić information content (AvgIpc) is 2.32. The van der Waals surface area contributed by atoms with Crippen LogP contribution in [0.2, 0.25) is 0 Å². The van der Waals surface area contributed by atoms with Crippen molar-refractivity contribution < 1.29 is 0 Å². The first-order valence-electron chi connectivity index (χ1n) is 7.42. The van der Waals surface area contributed by atoms with Crippen molar-refractivity contribution in [2.24, 2.45) is 0 Å². The summed E-state index contributed by atoms with van der Waals surface area (Å²) in [5.41, 5.74) is 2.97. The highest BCUT2D eigenvalue weighted by Crippen LogP contribution is 2.18. The van der Waals surface area contributed by atoms with E-state index in [-0.39, 0.29) is 5.54 Å². The molecule has 0 bridgehead atoms. The third-order valence-corrected chi connectivity index (χ3v) is 3.35. The number of hydrogen-bond donors (Lipinski definition) is 1. The predicted octanol–water partition coefficient (Wildman–Crippen LogP) is 3.99. The van der Waals surface area contributed by atoms with E-state index in [0.29, 0.717) is 0 Å². The molecule has 108 valence electrons. The lowest BCUT2D eigenvalue weighted by atomic mass is 10.1. The van der Waals surface area contributed by atoms with Crippen molar-refractivity contribution >= 4 is 5.69 Å². The Morgan fingerprint density at radius 1 is 1.05 bits per heavy atom. The van der Waals surface area contributed by atoms with E-state index in [4.69, 9.17) is 0 Å². The van der Waals surface area contributed by atoms with E-state index < -0.39 is 0 Å². The average molecular weight is 262 g/mol. The van der Waals surface area contributed by atoms with Gasteiger partial charge < -0.3 is 10.2 Å². The Bertz CT molecular complexity index is 366. The first-order valence-corrected chi connectivity index (χ1v) is 7.42. The van der Waals surface area contributed by atoms with Crippen molar-refractivity contribution in [2.75, 3.05) is 25.0 Å². The van der Waals surface area contributed by atoms with Crippen molar-refractivity contribution in [1.82, 2.24) is 5.32 Å². The Morgan fingerprint density at radius 2 is 1.74 bits per heavy atom. The monoisotopic (exact) mass is 262 g/mol. The van der Waals surface area contributed by atoms with E-state index >= 15 is 0 Å². The SMILES string of the molecule is Cc1ccccc1N(C)CCCCCNC(C)(C)C. The number of nitrogens with zero attached hydrogens (tertiary/aromatic N) is 1. The van der Waals surface area contributed by atoms with Gasteiger partial charge in [-0.1, -0.05) is 24.6 Å². The van der Waals surface area contributed by atoms with Gasteiger partial charge in [-0.2, -0.15) is 0 Å². The molecule has 19 heavy (non-hydrogen) atoms. The number of para-hydroxylation sites is 1. The van der Waals surface area contributed by atoms with Crippen LogP contribution in [0.15, 0.2) is 24.3 Å². The smallest absolute Gasteiger partial charge is 0.0393 e. The summed E-state index contributed by atoms with van der Waals surface area (Å²) in [4.78, 5) is 2.37. The molecule has 0 spiro atoms. The maximum atomic E-state index is 3.54. The lowest BCUT2D eigenvalue weighted by Gasteiger charge is -2.22. The predicted molar refractivity (Wildman–Crippen MR) is 86.1 cm³/mol. The van der Waals surface area contributed by atoms with Gasteiger partial charge in [0.25, 0.3) is 0 Å². The standard InChI is InChI=1S/C17H30N2/c1-15-11-7-8-12-16(15)19(5)14-10-6-9-13-18-17(2,3)4/h7-8,11-12,18H,6,9-10,13-14H2,1-5H3. The van der Waals surface area contributed by atoms with Crippen molar-refractivity contribution in [3.63, 3.8) is 0 Å². The second kappa shape index (κ2) is 7.54. The van der Waals surface area contributed by atoms with Gasteiger partial charge in [0.05, 0.1) is 0 Å². The Kier molecular flexibility index (Phi) is 6.36. The Balaban J connectivity index is 2.18. The lowest BCUT2D eigenvalue weighted by Crippen LogP contribution is -2.36. The van der Waals surface area contributed by atoms with Crippen molar-refractivity contribution in [3.05, 3.63) is 29.8 Å². The van der Waals surface area contributed by atoms with E-state index in [2.05, 4.69) is 69.2 Å². The zero-order chi connectivity index (χ0) is 14.3. The van der Waals surface area contributed by atoms with E-state index in [9.17, 15) is 0 Å². The Labute approximate surface area is 119 Å². The van der Waals surface area contributed by atoms with E-state index in [1.807, 2.05) is 0 Å². The largest absolute Gasteiger partial charge is 0.374 e. The number of anilines is 1. The highest BCUT2D eigenvalue weighted by molar-refractivity contribution is 5.52. The lowest BCUT2D eigenvalue weighted by molar-refractivity contribution is 0.417. The molecule has 1 rings (SSSR count). The van der Waals surface area contributed by atoms with Crippen LogP contribution >= 0.6 is 0 Å². The van der Waals surface area contributed by atoms with Crippen LogP contribution in [0.3, 0.4) is 0 Å². The van der Waals surface area contributed by atoms with Gasteiger partial charge in [0.1, 0.15) is 0 Å². The summed E-state index contributed by atoms with van der Waals surface area (Å²) in [6.45, 7) is 11.1. The molecule has 0 radical (unpaired) electrons. The molecule has 0 atom stereocenters. The fourth-order valence-corrected chi connectivity index (χ4v) is 2.23. The molecule has 0 aliphatic carbocycles. The molecule has 0 saturated heterocycles. The molecule has 2 nitrogen and oxygen atoms in total. The molecule has 2 heteroatoms. The second-order valence-corrected chi connectivity index (χ2v) is 6.45. The van der Waals surface area contributed by atoms with Gasteiger partial charge in [-0.15, -0.1) is 0 Å². The number of nitrogens with one attached hydrogen (secondary N) is 1. The minimum Gasteiger partial charge on any atom is -0.374 e. The number of rotatable bonds is 7. The summed E-state index contributed by atoms with van der Waals surface area (Å²) >= 11 is 0. The summed E-state index contributed by atoms with van der Waals surface area (Å²) in [5.74, 6) is 0. The number of benzene rings is 1. The van der Waals surface area contributed by atoms with Crippen molar-refractivity contribution in [1.29, 1.82) is 0 Å². The Hall–Kier alpha value is -1.02. The number of hydrogen-bond acceptors (Lipinski definition) is 2. The van der Waals surface area contributed by atoms with Crippen molar-refractivity contribution in [3.8, 4) is 0 Å². The van der Waals surface area contributed by atoms with Gasteiger partial charge in [0.15, 0.2) is 0 Å². The fourth-order valence-electron chi connectivity index (χ4n) is 2.23. The molecule has 1 N–H and O–H groups in total. The maximum Gasteiger partial charge on any atom is 0.0393 e. The van der Waals surface area contributed by atoms with Crippen LogP contribution in [0.5, 0.6) is 0 Å². The normalized spacial score (nSPS) is 11.6. The molecule has 1 aromatic rings. The van der Waals surface area contributed by atoms with Gasteiger partial charge in [-0.05, 0) is 58.7 Å². The van der Waals surface area contributed by atoms with Crippen LogP contribution in [0.4, 0.5) is 5.69 Å². The van der Waals surface area contributed by atoms with E-state index in [1.54, 1.807) is 0 Å². The van der Waals surface area contributed by atoms with Crippen molar-refractivity contribution in [2.45, 2.75) is 52.5 Å². The first kappa shape index (κ1) is 16.0. The van der Waals surface area contributed by atoms with Gasteiger partial charge >= 0.3 is 0 Å². The summed E-state index contributed by atoms with van der Waals surface area (Å²) in [5, 5.41) is 3.54. The molecule has 0 fully saturated rings. The first-order chi connectivity index (χ1) is 8.90. The fraction of sp³-hybridized carbons (Fsp3) is 0.647. The number of unbranched alkanes of at least 4 members (excludes halogenated alkanes) is 2. The summed E-state index contributed by atoms with van der Waals surface area (Å²) < 4.78 is 0. The van der Waals surface area contributed by atoms with Gasteiger partial charge in [-0.3, -0.25) is 0 Å². The molecule has 0 aromatic heterocycles. The molecule has 1 aromatic carbocycles. The molecule has 0 aliphatic rings. The summed E-state index contributed by atoms with van der Waals surface area (Å²) in [7, 11) is 2.19. The van der Waals surface area contributed by atoms with Gasteiger partial charge in [-0.25, -0.2) is 0 Å². The van der Waals surface area contributed by atoms with Crippen LogP contribution in [0.1, 0.15) is 45.6 Å². The summed E-state index contributed by atoms with van der Waals surface area (Å²) in [6, 6.07) is 8.60. The second-order valence-electron chi connectivity index (χ2n) is 6.45. The van der Waals surface area contributed by atoms with Crippen LogP contribution < -0.4 is 10.2 Å². The summed E-state index contributed by atoms with van der Waals surface area (Å²) in [6.07, 6.45) is 3.81. The third-order valence-electron chi connectivity index (χ3n) is 3.35. The molecular formula is C17H30N2. The quantitative estimate of drug-likeness (QED) is 0.747. The van der Waals surface area contributed by atoms with Gasteiger partial charge in [0, 0.05) is 24.8 Å². The molecular weight excluding hydrogens is 232 g/mol.